The van der Waals surface area contributed by atoms with E-state index in [9.17, 15) is 9.59 Å². The molecule has 0 saturated carbocycles. The molecule has 2 amide bonds. The molecule has 3 aliphatic rings. The van der Waals surface area contributed by atoms with Crippen LogP contribution in [0.25, 0.3) is 0 Å². The molecule has 0 aromatic heterocycles. The monoisotopic (exact) mass is 344 g/mol. The molecule has 3 heterocycles. The average Bonchev–Trinajstić information content (AvgIpc) is 3.09. The van der Waals surface area contributed by atoms with Crippen LogP contribution in [0, 0.1) is 0 Å². The van der Waals surface area contributed by atoms with Gasteiger partial charge in [-0.2, -0.15) is 0 Å². The first kappa shape index (κ1) is 16.4. The molecule has 1 aromatic rings. The van der Waals surface area contributed by atoms with Crippen molar-refractivity contribution in [2.45, 2.75) is 37.7 Å². The molecule has 1 spiro atoms. The summed E-state index contributed by atoms with van der Waals surface area (Å²) in [6.07, 6.45) is 4.45. The van der Waals surface area contributed by atoms with Gasteiger partial charge >= 0.3 is 0 Å². The second-order valence-electron chi connectivity index (χ2n) is 7.07. The van der Waals surface area contributed by atoms with Crippen LogP contribution in [0.15, 0.2) is 24.3 Å². The third-order valence-corrected chi connectivity index (χ3v) is 5.57. The summed E-state index contributed by atoms with van der Waals surface area (Å²) in [5.41, 5.74) is 0.777. The standard InChI is InChI=1S/C19H24N2O4/c22-17(20-11-8-19(9-12-20)7-3-13-25-19)6-10-21-15-4-1-2-5-16(15)24-14-18(21)23/h1-2,4-5H,3,6-14H2. The lowest BCUT2D eigenvalue weighted by Crippen LogP contribution is -2.47. The van der Waals surface area contributed by atoms with Crippen LogP contribution in [-0.4, -0.2) is 55.2 Å². The zero-order valence-electron chi connectivity index (χ0n) is 14.4. The van der Waals surface area contributed by atoms with Crippen LogP contribution in [0.1, 0.15) is 32.1 Å². The number of ether oxygens (including phenoxy) is 2. The number of benzene rings is 1. The number of hydrogen-bond donors (Lipinski definition) is 0. The molecule has 3 aliphatic heterocycles. The van der Waals surface area contributed by atoms with E-state index in [1.165, 1.54) is 0 Å². The lowest BCUT2D eigenvalue weighted by Gasteiger charge is -2.39. The summed E-state index contributed by atoms with van der Waals surface area (Å²) in [6.45, 7) is 2.80. The highest BCUT2D eigenvalue weighted by Crippen LogP contribution is 2.36. The maximum absolute atomic E-state index is 12.6. The zero-order chi connectivity index (χ0) is 17.3. The second kappa shape index (κ2) is 6.67. The van der Waals surface area contributed by atoms with Gasteiger partial charge in [0.1, 0.15) is 5.75 Å². The van der Waals surface area contributed by atoms with Crippen LogP contribution in [0.3, 0.4) is 0 Å². The number of likely N-dealkylation sites (tertiary alicyclic amines) is 1. The number of para-hydroxylation sites is 2. The number of piperidine rings is 1. The number of amides is 2. The number of rotatable bonds is 3. The van der Waals surface area contributed by atoms with E-state index in [0.29, 0.717) is 18.7 Å². The maximum atomic E-state index is 12.6. The predicted molar refractivity (Wildman–Crippen MR) is 92.6 cm³/mol. The lowest BCUT2D eigenvalue weighted by atomic mass is 9.88. The minimum Gasteiger partial charge on any atom is -0.482 e. The SMILES string of the molecule is O=C(CCN1C(=O)COc2ccccc21)N1CCC2(CCCO2)CC1. The van der Waals surface area contributed by atoms with Crippen molar-refractivity contribution in [3.8, 4) is 5.75 Å². The van der Waals surface area contributed by atoms with Crippen LogP contribution in [-0.2, 0) is 14.3 Å². The van der Waals surface area contributed by atoms with Crippen LogP contribution in [0.4, 0.5) is 5.69 Å². The van der Waals surface area contributed by atoms with E-state index in [0.717, 1.165) is 51.1 Å². The molecule has 0 bridgehead atoms. The number of hydrogen-bond acceptors (Lipinski definition) is 4. The summed E-state index contributed by atoms with van der Waals surface area (Å²) in [7, 11) is 0. The predicted octanol–water partition coefficient (Wildman–Crippen LogP) is 1.97. The average molecular weight is 344 g/mol. The van der Waals surface area contributed by atoms with Crippen molar-refractivity contribution in [1.82, 2.24) is 4.90 Å². The van der Waals surface area contributed by atoms with E-state index in [4.69, 9.17) is 9.47 Å². The Morgan fingerprint density at radius 1 is 1.16 bits per heavy atom. The second-order valence-corrected chi connectivity index (χ2v) is 7.07. The fourth-order valence-electron chi connectivity index (χ4n) is 4.08. The summed E-state index contributed by atoms with van der Waals surface area (Å²) in [5, 5.41) is 0. The minimum atomic E-state index is -0.0940. The van der Waals surface area contributed by atoms with Gasteiger partial charge in [0.15, 0.2) is 6.61 Å². The van der Waals surface area contributed by atoms with E-state index in [-0.39, 0.29) is 24.0 Å². The van der Waals surface area contributed by atoms with Crippen molar-refractivity contribution < 1.29 is 19.1 Å². The van der Waals surface area contributed by atoms with Gasteiger partial charge in [-0.1, -0.05) is 12.1 Å². The molecule has 1 aromatic carbocycles. The quantitative estimate of drug-likeness (QED) is 0.841. The van der Waals surface area contributed by atoms with Gasteiger partial charge in [-0.05, 0) is 37.8 Å². The number of anilines is 1. The van der Waals surface area contributed by atoms with Crippen LogP contribution in [0.5, 0.6) is 5.75 Å². The third kappa shape index (κ3) is 3.23. The molecular weight excluding hydrogens is 320 g/mol. The molecule has 0 aliphatic carbocycles. The van der Waals surface area contributed by atoms with Gasteiger partial charge in [0, 0.05) is 32.7 Å². The number of carbonyl (C=O) groups is 2. The highest BCUT2D eigenvalue weighted by atomic mass is 16.5. The van der Waals surface area contributed by atoms with Crippen LogP contribution >= 0.6 is 0 Å². The Hall–Kier alpha value is -2.08. The summed E-state index contributed by atoms with van der Waals surface area (Å²) in [6, 6.07) is 7.47. The Kier molecular flexibility index (Phi) is 4.37. The van der Waals surface area contributed by atoms with Gasteiger partial charge in [0.2, 0.25) is 5.91 Å². The zero-order valence-corrected chi connectivity index (χ0v) is 14.4. The van der Waals surface area contributed by atoms with Gasteiger partial charge in [-0.3, -0.25) is 9.59 Å². The van der Waals surface area contributed by atoms with E-state index in [1.807, 2.05) is 29.2 Å². The summed E-state index contributed by atoms with van der Waals surface area (Å²) in [4.78, 5) is 28.3. The first-order valence-electron chi connectivity index (χ1n) is 9.11. The normalized spacial score (nSPS) is 22.0. The van der Waals surface area contributed by atoms with E-state index < -0.39 is 0 Å². The molecule has 6 nitrogen and oxygen atoms in total. The van der Waals surface area contributed by atoms with Crippen molar-refractivity contribution in [3.05, 3.63) is 24.3 Å². The fraction of sp³-hybridized carbons (Fsp3) is 0.579. The molecular formula is C19H24N2O4. The highest BCUT2D eigenvalue weighted by Gasteiger charge is 2.39. The molecule has 0 unspecified atom stereocenters. The van der Waals surface area contributed by atoms with Gasteiger partial charge in [-0.25, -0.2) is 0 Å². The Balaban J connectivity index is 1.34. The smallest absolute Gasteiger partial charge is 0.265 e. The molecule has 25 heavy (non-hydrogen) atoms. The molecule has 2 saturated heterocycles. The molecule has 6 heteroatoms. The van der Waals surface area contributed by atoms with Gasteiger partial charge in [-0.15, -0.1) is 0 Å². The summed E-state index contributed by atoms with van der Waals surface area (Å²) >= 11 is 0. The molecule has 2 fully saturated rings. The van der Waals surface area contributed by atoms with Crippen molar-refractivity contribution in [2.24, 2.45) is 0 Å². The van der Waals surface area contributed by atoms with Crippen LogP contribution in [0.2, 0.25) is 0 Å². The van der Waals surface area contributed by atoms with Gasteiger partial charge in [0.25, 0.3) is 5.91 Å². The fourth-order valence-corrected chi connectivity index (χ4v) is 4.08. The largest absolute Gasteiger partial charge is 0.482 e. The Morgan fingerprint density at radius 2 is 1.96 bits per heavy atom. The molecule has 0 radical (unpaired) electrons. The topological polar surface area (TPSA) is 59.1 Å². The molecule has 134 valence electrons. The van der Waals surface area contributed by atoms with E-state index >= 15 is 0 Å². The Labute approximate surface area is 147 Å². The first-order valence-corrected chi connectivity index (χ1v) is 9.11. The van der Waals surface area contributed by atoms with Crippen molar-refractivity contribution in [1.29, 1.82) is 0 Å². The summed E-state index contributed by atoms with van der Waals surface area (Å²) < 4.78 is 11.4. The van der Waals surface area contributed by atoms with E-state index in [1.54, 1.807) is 4.90 Å². The Morgan fingerprint density at radius 3 is 2.72 bits per heavy atom. The van der Waals surface area contributed by atoms with Crippen LogP contribution < -0.4 is 9.64 Å². The molecule has 0 N–H and O–H groups in total. The number of carbonyl (C=O) groups excluding carboxylic acids is 2. The summed E-state index contributed by atoms with van der Waals surface area (Å²) in [5.74, 6) is 0.723. The lowest BCUT2D eigenvalue weighted by molar-refractivity contribution is -0.135. The van der Waals surface area contributed by atoms with Crippen molar-refractivity contribution in [2.75, 3.05) is 37.7 Å². The molecule has 4 rings (SSSR count). The minimum absolute atomic E-state index is 0.0237. The third-order valence-electron chi connectivity index (χ3n) is 5.57. The van der Waals surface area contributed by atoms with Gasteiger partial charge in [0.05, 0.1) is 11.3 Å². The molecule has 0 atom stereocenters. The maximum Gasteiger partial charge on any atom is 0.265 e. The van der Waals surface area contributed by atoms with E-state index in [2.05, 4.69) is 0 Å². The van der Waals surface area contributed by atoms with Crippen molar-refractivity contribution in [3.63, 3.8) is 0 Å². The van der Waals surface area contributed by atoms with Gasteiger partial charge < -0.3 is 19.3 Å². The first-order chi connectivity index (χ1) is 12.2. The Bertz CT molecular complexity index is 659. The number of nitrogens with zero attached hydrogens (tertiary/aromatic N) is 2. The van der Waals surface area contributed by atoms with Crippen molar-refractivity contribution >= 4 is 17.5 Å². The highest BCUT2D eigenvalue weighted by molar-refractivity contribution is 5.98. The number of fused-ring (bicyclic) bond motifs is 1.